The van der Waals surface area contributed by atoms with E-state index < -0.39 is 12.1 Å². The topological polar surface area (TPSA) is 55.4 Å². The van der Waals surface area contributed by atoms with Crippen LogP contribution in [0.15, 0.2) is 40.2 Å². The molecule has 0 saturated heterocycles. The number of carbonyl (C=O) groups is 2. The lowest BCUT2D eigenvalue weighted by Gasteiger charge is -2.14. The van der Waals surface area contributed by atoms with E-state index in [1.165, 1.54) is 17.4 Å². The van der Waals surface area contributed by atoms with Crippen LogP contribution in [0, 0.1) is 13.8 Å². The first-order chi connectivity index (χ1) is 11.3. The van der Waals surface area contributed by atoms with Gasteiger partial charge in [0.2, 0.25) is 0 Å². The number of rotatable bonds is 5. The van der Waals surface area contributed by atoms with Gasteiger partial charge in [-0.2, -0.15) is 0 Å². The second-order valence-electron chi connectivity index (χ2n) is 5.36. The highest BCUT2D eigenvalue weighted by atomic mass is 79.9. The first-order valence-electron chi connectivity index (χ1n) is 7.37. The van der Waals surface area contributed by atoms with Crippen molar-refractivity contribution >= 4 is 50.9 Å². The van der Waals surface area contributed by atoms with Crippen LogP contribution in [0.1, 0.15) is 22.9 Å². The fourth-order valence-electron chi connectivity index (χ4n) is 2.02. The van der Waals surface area contributed by atoms with E-state index in [0.717, 1.165) is 19.8 Å². The maximum absolute atomic E-state index is 12.1. The van der Waals surface area contributed by atoms with Gasteiger partial charge in [-0.3, -0.25) is 4.79 Å². The van der Waals surface area contributed by atoms with E-state index in [4.69, 9.17) is 4.74 Å². The third-order valence-corrected chi connectivity index (χ3v) is 4.87. The summed E-state index contributed by atoms with van der Waals surface area (Å²) in [5.74, 6) is -0.912. The molecule has 1 amide bonds. The van der Waals surface area contributed by atoms with Gasteiger partial charge < -0.3 is 10.1 Å². The Morgan fingerprint density at radius 3 is 2.62 bits per heavy atom. The Morgan fingerprint density at radius 1 is 1.25 bits per heavy atom. The first-order valence-corrected chi connectivity index (χ1v) is 8.98. The average molecular weight is 408 g/mol. The third kappa shape index (κ3) is 5.32. The number of thiophene rings is 1. The van der Waals surface area contributed by atoms with Crippen LogP contribution in [0.4, 0.5) is 5.69 Å². The molecule has 0 fully saturated rings. The molecule has 0 spiro atoms. The fourth-order valence-corrected chi connectivity index (χ4v) is 3.35. The zero-order valence-electron chi connectivity index (χ0n) is 13.6. The molecule has 0 aliphatic carbocycles. The van der Waals surface area contributed by atoms with Gasteiger partial charge >= 0.3 is 5.97 Å². The molecule has 24 heavy (non-hydrogen) atoms. The third-order valence-electron chi connectivity index (χ3n) is 3.28. The molecule has 126 valence electrons. The van der Waals surface area contributed by atoms with Crippen molar-refractivity contribution in [3.05, 3.63) is 56.2 Å². The fraction of sp³-hybridized carbons (Fsp3) is 0.222. The summed E-state index contributed by atoms with van der Waals surface area (Å²) in [6.07, 6.45) is 2.10. The molecular formula is C18H18BrNO3S. The van der Waals surface area contributed by atoms with Gasteiger partial charge in [0.25, 0.3) is 5.91 Å². The van der Waals surface area contributed by atoms with Crippen LogP contribution in [-0.4, -0.2) is 18.0 Å². The first kappa shape index (κ1) is 18.4. The minimum absolute atomic E-state index is 0.359. The van der Waals surface area contributed by atoms with Crippen LogP contribution >= 0.6 is 27.3 Å². The lowest BCUT2D eigenvalue weighted by atomic mass is 10.1. The van der Waals surface area contributed by atoms with E-state index in [1.807, 2.05) is 44.2 Å². The van der Waals surface area contributed by atoms with Gasteiger partial charge in [-0.05, 0) is 66.5 Å². The van der Waals surface area contributed by atoms with Crippen molar-refractivity contribution in [1.29, 1.82) is 0 Å². The number of halogens is 1. The van der Waals surface area contributed by atoms with E-state index in [2.05, 4.69) is 21.2 Å². The zero-order valence-corrected chi connectivity index (χ0v) is 16.0. The maximum atomic E-state index is 12.1. The van der Waals surface area contributed by atoms with Crippen molar-refractivity contribution in [3.8, 4) is 0 Å². The molecular weight excluding hydrogens is 390 g/mol. The predicted octanol–water partition coefficient (Wildman–Crippen LogP) is 4.71. The van der Waals surface area contributed by atoms with Gasteiger partial charge in [0.05, 0.1) is 3.79 Å². The molecule has 6 heteroatoms. The average Bonchev–Trinajstić information content (AvgIpc) is 2.93. The second-order valence-corrected chi connectivity index (χ2v) is 7.86. The standard InChI is InChI=1S/C18H18BrNO3S/c1-11-4-7-15(12(2)10-11)20-18(22)13(3)23-17(21)9-6-14-5-8-16(19)24-14/h4-10,13H,1-3H3,(H,20,22)/b9-6+/t13-/m0/s1. The lowest BCUT2D eigenvalue weighted by Crippen LogP contribution is -2.29. The number of anilines is 1. The minimum Gasteiger partial charge on any atom is -0.449 e. The lowest BCUT2D eigenvalue weighted by molar-refractivity contribution is -0.148. The molecule has 2 rings (SSSR count). The highest BCUT2D eigenvalue weighted by molar-refractivity contribution is 9.11. The van der Waals surface area contributed by atoms with Crippen molar-refractivity contribution < 1.29 is 14.3 Å². The SMILES string of the molecule is Cc1ccc(NC(=O)[C@H](C)OC(=O)/C=C/c2ccc(Br)s2)c(C)c1. The summed E-state index contributed by atoms with van der Waals surface area (Å²) in [6.45, 7) is 5.45. The van der Waals surface area contributed by atoms with E-state index in [1.54, 1.807) is 13.0 Å². The van der Waals surface area contributed by atoms with Crippen molar-refractivity contribution in [2.75, 3.05) is 5.32 Å². The molecule has 2 aromatic rings. The summed E-state index contributed by atoms with van der Waals surface area (Å²) >= 11 is 4.86. The van der Waals surface area contributed by atoms with Gasteiger partial charge in [-0.25, -0.2) is 4.79 Å². The van der Waals surface area contributed by atoms with Gasteiger partial charge in [0.1, 0.15) is 0 Å². The monoisotopic (exact) mass is 407 g/mol. The van der Waals surface area contributed by atoms with Crippen LogP contribution in [0.25, 0.3) is 6.08 Å². The molecule has 1 aromatic carbocycles. The van der Waals surface area contributed by atoms with Gasteiger partial charge in [-0.15, -0.1) is 11.3 Å². The maximum Gasteiger partial charge on any atom is 0.331 e. The summed E-state index contributed by atoms with van der Waals surface area (Å²) in [4.78, 5) is 24.9. The van der Waals surface area contributed by atoms with Crippen molar-refractivity contribution in [2.45, 2.75) is 26.9 Å². The normalized spacial score (nSPS) is 12.2. The Morgan fingerprint density at radius 2 is 2.00 bits per heavy atom. The summed E-state index contributed by atoms with van der Waals surface area (Å²) in [5, 5.41) is 2.78. The predicted molar refractivity (Wildman–Crippen MR) is 101 cm³/mol. The van der Waals surface area contributed by atoms with Crippen LogP contribution in [0.5, 0.6) is 0 Å². The van der Waals surface area contributed by atoms with Crippen molar-refractivity contribution in [1.82, 2.24) is 0 Å². The molecule has 0 bridgehead atoms. The molecule has 1 atom stereocenters. The molecule has 1 aromatic heterocycles. The van der Waals surface area contributed by atoms with Gasteiger partial charge in [0.15, 0.2) is 6.10 Å². The van der Waals surface area contributed by atoms with E-state index in [9.17, 15) is 9.59 Å². The largest absolute Gasteiger partial charge is 0.449 e. The van der Waals surface area contributed by atoms with Crippen LogP contribution in [-0.2, 0) is 14.3 Å². The highest BCUT2D eigenvalue weighted by Crippen LogP contribution is 2.23. The van der Waals surface area contributed by atoms with E-state index in [0.29, 0.717) is 5.69 Å². The molecule has 0 saturated carbocycles. The van der Waals surface area contributed by atoms with Gasteiger partial charge in [0, 0.05) is 16.6 Å². The molecule has 0 aliphatic rings. The Bertz CT molecular complexity index is 782. The van der Waals surface area contributed by atoms with Crippen LogP contribution in [0.3, 0.4) is 0 Å². The number of aryl methyl sites for hydroxylation is 2. The summed E-state index contributed by atoms with van der Waals surface area (Å²) < 4.78 is 6.11. The quantitative estimate of drug-likeness (QED) is 0.576. The molecule has 1 N–H and O–H groups in total. The number of hydrogen-bond donors (Lipinski definition) is 1. The number of ether oxygens (including phenoxy) is 1. The number of esters is 1. The number of amides is 1. The summed E-state index contributed by atoms with van der Waals surface area (Å²) in [6, 6.07) is 9.52. The summed E-state index contributed by atoms with van der Waals surface area (Å²) in [7, 11) is 0. The summed E-state index contributed by atoms with van der Waals surface area (Å²) in [5.41, 5.74) is 2.80. The number of hydrogen-bond acceptors (Lipinski definition) is 4. The highest BCUT2D eigenvalue weighted by Gasteiger charge is 2.17. The molecule has 0 aliphatic heterocycles. The molecule has 1 heterocycles. The van der Waals surface area contributed by atoms with E-state index >= 15 is 0 Å². The Balaban J connectivity index is 1.90. The number of nitrogens with one attached hydrogen (secondary N) is 1. The smallest absolute Gasteiger partial charge is 0.331 e. The Labute approximate surface area is 153 Å². The minimum atomic E-state index is -0.877. The molecule has 4 nitrogen and oxygen atoms in total. The van der Waals surface area contributed by atoms with Crippen molar-refractivity contribution in [3.63, 3.8) is 0 Å². The number of benzene rings is 1. The zero-order chi connectivity index (χ0) is 17.7. The molecule has 0 radical (unpaired) electrons. The Kier molecular flexibility index (Phi) is 6.34. The second kappa shape index (κ2) is 8.26. The van der Waals surface area contributed by atoms with Crippen molar-refractivity contribution in [2.24, 2.45) is 0 Å². The Hall–Kier alpha value is -1.92. The number of carbonyl (C=O) groups excluding carboxylic acids is 2. The van der Waals surface area contributed by atoms with E-state index in [-0.39, 0.29) is 5.91 Å². The molecule has 0 unspecified atom stereocenters. The van der Waals surface area contributed by atoms with Crippen LogP contribution in [0.2, 0.25) is 0 Å². The van der Waals surface area contributed by atoms with Gasteiger partial charge in [-0.1, -0.05) is 17.7 Å². The van der Waals surface area contributed by atoms with Crippen LogP contribution < -0.4 is 5.32 Å².